The van der Waals surface area contributed by atoms with Gasteiger partial charge < -0.3 is 4.74 Å². The lowest BCUT2D eigenvalue weighted by Crippen LogP contribution is -2.35. The maximum Gasteiger partial charge on any atom is 0.310 e. The van der Waals surface area contributed by atoms with Crippen LogP contribution in [0.1, 0.15) is 65.7 Å². The van der Waals surface area contributed by atoms with Crippen LogP contribution in [0.4, 0.5) is 0 Å². The Morgan fingerprint density at radius 3 is 2.25 bits per heavy atom. The highest BCUT2D eigenvalue weighted by molar-refractivity contribution is 5.74. The zero-order valence-electron chi connectivity index (χ0n) is 10.8. The number of ether oxygens (including phenoxy) is 1. The van der Waals surface area contributed by atoms with Gasteiger partial charge in [0.2, 0.25) is 0 Å². The number of hydrogen-bond acceptors (Lipinski definition) is 2. The van der Waals surface area contributed by atoms with Crippen LogP contribution in [0.5, 0.6) is 0 Å². The average Bonchev–Trinajstić information content (AvgIpc) is 2.74. The number of rotatable bonds is 1. The van der Waals surface area contributed by atoms with Crippen molar-refractivity contribution in [2.45, 2.75) is 71.3 Å². The van der Waals surface area contributed by atoms with E-state index in [0.29, 0.717) is 5.41 Å². The Morgan fingerprint density at radius 1 is 1.12 bits per heavy atom. The molecule has 0 bridgehead atoms. The van der Waals surface area contributed by atoms with Crippen LogP contribution >= 0.6 is 0 Å². The Morgan fingerprint density at radius 2 is 1.69 bits per heavy atom. The predicted octanol–water partition coefficient (Wildman–Crippen LogP) is 3.69. The molecule has 2 saturated carbocycles. The zero-order chi connectivity index (χ0) is 11.8. The van der Waals surface area contributed by atoms with E-state index in [1.54, 1.807) is 0 Å². The van der Waals surface area contributed by atoms with E-state index in [4.69, 9.17) is 4.74 Å². The molecule has 16 heavy (non-hydrogen) atoms. The third-order valence-corrected chi connectivity index (χ3v) is 4.20. The lowest BCUT2D eigenvalue weighted by atomic mass is 9.76. The number of hydrogen-bond donors (Lipinski definition) is 0. The summed E-state index contributed by atoms with van der Waals surface area (Å²) in [5.41, 5.74) is -0.0121. The molecule has 0 saturated heterocycles. The molecule has 2 fully saturated rings. The number of carbonyl (C=O) groups is 1. The number of carbonyl (C=O) groups excluding carboxylic acids is 1. The van der Waals surface area contributed by atoms with E-state index in [1.165, 1.54) is 38.5 Å². The van der Waals surface area contributed by atoms with Gasteiger partial charge in [-0.2, -0.15) is 0 Å². The van der Waals surface area contributed by atoms with E-state index in [0.717, 1.165) is 6.42 Å². The summed E-state index contributed by atoms with van der Waals surface area (Å²) < 4.78 is 5.57. The summed E-state index contributed by atoms with van der Waals surface area (Å²) in [6.07, 6.45) is 8.61. The van der Waals surface area contributed by atoms with Gasteiger partial charge in [-0.05, 0) is 51.9 Å². The van der Waals surface area contributed by atoms with Gasteiger partial charge in [0.1, 0.15) is 5.60 Å². The highest BCUT2D eigenvalue weighted by Gasteiger charge is 2.49. The molecular weight excluding hydrogens is 200 g/mol. The molecule has 0 aromatic heterocycles. The van der Waals surface area contributed by atoms with E-state index in [2.05, 4.69) is 0 Å². The Balaban J connectivity index is 2.05. The van der Waals surface area contributed by atoms with Crippen molar-refractivity contribution in [3.8, 4) is 0 Å². The maximum absolute atomic E-state index is 12.2. The van der Waals surface area contributed by atoms with Crippen molar-refractivity contribution in [2.75, 3.05) is 0 Å². The summed E-state index contributed by atoms with van der Waals surface area (Å²) in [4.78, 5) is 12.2. The van der Waals surface area contributed by atoms with Crippen molar-refractivity contribution in [1.29, 1.82) is 0 Å². The van der Waals surface area contributed by atoms with Crippen molar-refractivity contribution in [1.82, 2.24) is 0 Å². The Kier molecular flexibility index (Phi) is 3.02. The lowest BCUT2D eigenvalue weighted by molar-refractivity contribution is -0.163. The van der Waals surface area contributed by atoms with Gasteiger partial charge in [-0.3, -0.25) is 4.79 Å². The highest BCUT2D eigenvalue weighted by atomic mass is 16.6. The van der Waals surface area contributed by atoms with Gasteiger partial charge in [-0.25, -0.2) is 0 Å². The molecule has 2 rings (SSSR count). The van der Waals surface area contributed by atoms with Gasteiger partial charge in [0.15, 0.2) is 0 Å². The zero-order valence-corrected chi connectivity index (χ0v) is 10.8. The van der Waals surface area contributed by atoms with Crippen LogP contribution in [-0.4, -0.2) is 11.6 Å². The summed E-state index contributed by atoms with van der Waals surface area (Å²) in [7, 11) is 0. The topological polar surface area (TPSA) is 26.3 Å². The van der Waals surface area contributed by atoms with E-state index in [1.807, 2.05) is 20.8 Å². The van der Waals surface area contributed by atoms with E-state index in [9.17, 15) is 4.79 Å². The quantitative estimate of drug-likeness (QED) is 0.635. The number of esters is 1. The van der Waals surface area contributed by atoms with Gasteiger partial charge in [0.05, 0.1) is 5.92 Å². The molecule has 2 heteroatoms. The molecule has 0 aliphatic heterocycles. The minimum atomic E-state index is -0.334. The first-order chi connectivity index (χ1) is 7.43. The molecule has 1 atom stereocenters. The van der Waals surface area contributed by atoms with Gasteiger partial charge in [0.25, 0.3) is 0 Å². The van der Waals surface area contributed by atoms with Crippen molar-refractivity contribution in [2.24, 2.45) is 11.3 Å². The monoisotopic (exact) mass is 224 g/mol. The molecule has 0 aromatic carbocycles. The molecule has 0 heterocycles. The van der Waals surface area contributed by atoms with Crippen LogP contribution in [0.2, 0.25) is 0 Å². The fourth-order valence-electron chi connectivity index (χ4n) is 3.56. The standard InChI is InChI=1S/C14H24O2/c1-13(2,3)16-12(15)11-7-6-10-14(11)8-4-5-9-14/h11H,4-10H2,1-3H3. The summed E-state index contributed by atoms with van der Waals surface area (Å²) in [5.74, 6) is 0.251. The average molecular weight is 224 g/mol. The van der Waals surface area contributed by atoms with Crippen LogP contribution in [0.15, 0.2) is 0 Å². The Hall–Kier alpha value is -0.530. The fourth-order valence-corrected chi connectivity index (χ4v) is 3.56. The smallest absolute Gasteiger partial charge is 0.310 e. The molecule has 1 unspecified atom stereocenters. The van der Waals surface area contributed by atoms with Gasteiger partial charge >= 0.3 is 5.97 Å². The second-order valence-electron chi connectivity index (χ2n) is 6.55. The normalized spacial score (nSPS) is 28.6. The van der Waals surface area contributed by atoms with Gasteiger partial charge in [0, 0.05) is 0 Å². The minimum absolute atomic E-state index is 0.0619. The van der Waals surface area contributed by atoms with Gasteiger partial charge in [-0.15, -0.1) is 0 Å². The molecule has 0 aromatic rings. The molecule has 0 N–H and O–H groups in total. The summed E-state index contributed by atoms with van der Waals surface area (Å²) in [6, 6.07) is 0. The molecule has 2 aliphatic rings. The Bertz CT molecular complexity index is 263. The molecule has 92 valence electrons. The van der Waals surface area contributed by atoms with Crippen molar-refractivity contribution >= 4 is 5.97 Å². The van der Waals surface area contributed by atoms with Gasteiger partial charge in [-0.1, -0.05) is 19.3 Å². The summed E-state index contributed by atoms with van der Waals surface area (Å²) in [6.45, 7) is 5.88. The first kappa shape index (κ1) is 11.9. The van der Waals surface area contributed by atoms with Crippen molar-refractivity contribution in [3.63, 3.8) is 0 Å². The van der Waals surface area contributed by atoms with E-state index < -0.39 is 0 Å². The molecule has 2 nitrogen and oxygen atoms in total. The molecule has 1 spiro atoms. The Labute approximate surface area is 98.7 Å². The molecule has 0 amide bonds. The van der Waals surface area contributed by atoms with E-state index >= 15 is 0 Å². The molecule has 2 aliphatic carbocycles. The predicted molar refractivity (Wildman–Crippen MR) is 64.1 cm³/mol. The first-order valence-electron chi connectivity index (χ1n) is 6.66. The largest absolute Gasteiger partial charge is 0.460 e. The maximum atomic E-state index is 12.2. The third kappa shape index (κ3) is 2.26. The van der Waals surface area contributed by atoms with Crippen LogP contribution in [0.25, 0.3) is 0 Å². The van der Waals surface area contributed by atoms with Crippen LogP contribution in [0, 0.1) is 11.3 Å². The first-order valence-corrected chi connectivity index (χ1v) is 6.66. The van der Waals surface area contributed by atoms with Crippen LogP contribution in [0.3, 0.4) is 0 Å². The third-order valence-electron chi connectivity index (χ3n) is 4.20. The highest BCUT2D eigenvalue weighted by Crippen LogP contribution is 2.54. The SMILES string of the molecule is CC(C)(C)OC(=O)C1CCCC12CCCC2. The van der Waals surface area contributed by atoms with Crippen molar-refractivity contribution in [3.05, 3.63) is 0 Å². The summed E-state index contributed by atoms with van der Waals surface area (Å²) in [5, 5.41) is 0. The van der Waals surface area contributed by atoms with Crippen LogP contribution < -0.4 is 0 Å². The minimum Gasteiger partial charge on any atom is -0.460 e. The van der Waals surface area contributed by atoms with E-state index in [-0.39, 0.29) is 17.5 Å². The second-order valence-corrected chi connectivity index (χ2v) is 6.55. The molecular formula is C14H24O2. The second kappa shape index (κ2) is 4.05. The van der Waals surface area contributed by atoms with Crippen molar-refractivity contribution < 1.29 is 9.53 Å². The lowest BCUT2D eigenvalue weighted by Gasteiger charge is -2.32. The molecule has 0 radical (unpaired) electrons. The van der Waals surface area contributed by atoms with Crippen LogP contribution in [-0.2, 0) is 9.53 Å². The summed E-state index contributed by atoms with van der Waals surface area (Å²) >= 11 is 0. The fraction of sp³-hybridized carbons (Fsp3) is 0.929.